The summed E-state index contributed by atoms with van der Waals surface area (Å²) in [5.74, 6) is 1.58. The molecule has 2 rings (SSSR count). The quantitative estimate of drug-likeness (QED) is 0.872. The standard InChI is InChI=1S/C14H21NO2/c1-16-13-4-2-3-12(10-13)14(15)9-11-5-7-17-8-6-11/h2-4,10-11,14H,5-9,15H2,1H3. The van der Waals surface area contributed by atoms with Crippen LogP contribution in [0.1, 0.15) is 30.9 Å². The number of hydrogen-bond acceptors (Lipinski definition) is 3. The molecule has 3 nitrogen and oxygen atoms in total. The van der Waals surface area contributed by atoms with Gasteiger partial charge in [0.25, 0.3) is 0 Å². The highest BCUT2D eigenvalue weighted by Crippen LogP contribution is 2.27. The molecule has 94 valence electrons. The molecule has 0 radical (unpaired) electrons. The topological polar surface area (TPSA) is 44.5 Å². The molecule has 1 unspecified atom stereocenters. The Morgan fingerprint density at radius 2 is 2.18 bits per heavy atom. The van der Waals surface area contributed by atoms with Crippen LogP contribution in [0.3, 0.4) is 0 Å². The summed E-state index contributed by atoms with van der Waals surface area (Å²) in [6.07, 6.45) is 3.31. The lowest BCUT2D eigenvalue weighted by Crippen LogP contribution is -2.21. The van der Waals surface area contributed by atoms with Crippen molar-refractivity contribution < 1.29 is 9.47 Å². The smallest absolute Gasteiger partial charge is 0.119 e. The van der Waals surface area contributed by atoms with Crippen LogP contribution < -0.4 is 10.5 Å². The van der Waals surface area contributed by atoms with Crippen molar-refractivity contribution in [1.29, 1.82) is 0 Å². The van der Waals surface area contributed by atoms with E-state index in [1.165, 1.54) is 0 Å². The summed E-state index contributed by atoms with van der Waals surface area (Å²) in [6, 6.07) is 8.16. The van der Waals surface area contributed by atoms with E-state index in [0.717, 1.165) is 43.8 Å². The van der Waals surface area contributed by atoms with E-state index in [1.54, 1.807) is 7.11 Å². The SMILES string of the molecule is COc1cccc(C(N)CC2CCOCC2)c1. The molecule has 0 spiro atoms. The summed E-state index contributed by atoms with van der Waals surface area (Å²) in [6.45, 7) is 1.77. The molecule has 1 heterocycles. The summed E-state index contributed by atoms with van der Waals surface area (Å²) in [4.78, 5) is 0. The van der Waals surface area contributed by atoms with Gasteiger partial charge in [0.2, 0.25) is 0 Å². The second-order valence-corrected chi connectivity index (χ2v) is 4.67. The van der Waals surface area contributed by atoms with Gasteiger partial charge >= 0.3 is 0 Å². The maximum Gasteiger partial charge on any atom is 0.119 e. The van der Waals surface area contributed by atoms with Gasteiger partial charge in [0.15, 0.2) is 0 Å². The zero-order valence-electron chi connectivity index (χ0n) is 10.4. The first-order valence-electron chi connectivity index (χ1n) is 6.27. The van der Waals surface area contributed by atoms with Crippen LogP contribution in [0.2, 0.25) is 0 Å². The Bertz CT molecular complexity index is 348. The van der Waals surface area contributed by atoms with Gasteiger partial charge in [-0.3, -0.25) is 0 Å². The van der Waals surface area contributed by atoms with Gasteiger partial charge in [-0.1, -0.05) is 12.1 Å². The molecule has 0 aliphatic carbocycles. The van der Waals surface area contributed by atoms with Crippen LogP contribution in [0.25, 0.3) is 0 Å². The molecule has 1 atom stereocenters. The lowest BCUT2D eigenvalue weighted by Gasteiger charge is -2.25. The van der Waals surface area contributed by atoms with E-state index in [4.69, 9.17) is 15.2 Å². The van der Waals surface area contributed by atoms with E-state index in [1.807, 2.05) is 18.2 Å². The first-order valence-corrected chi connectivity index (χ1v) is 6.27. The fourth-order valence-corrected chi connectivity index (χ4v) is 2.35. The molecular formula is C14H21NO2. The molecule has 17 heavy (non-hydrogen) atoms. The number of rotatable bonds is 4. The van der Waals surface area contributed by atoms with Crippen LogP contribution in [0.5, 0.6) is 5.75 Å². The van der Waals surface area contributed by atoms with Crippen molar-refractivity contribution in [2.24, 2.45) is 11.7 Å². The average Bonchev–Trinajstić information content (AvgIpc) is 2.40. The van der Waals surface area contributed by atoms with E-state index in [2.05, 4.69) is 6.07 Å². The largest absolute Gasteiger partial charge is 0.497 e. The van der Waals surface area contributed by atoms with E-state index in [-0.39, 0.29) is 6.04 Å². The molecule has 1 fully saturated rings. The van der Waals surface area contributed by atoms with Gasteiger partial charge in [-0.25, -0.2) is 0 Å². The van der Waals surface area contributed by atoms with Crippen LogP contribution >= 0.6 is 0 Å². The van der Waals surface area contributed by atoms with Gasteiger partial charge < -0.3 is 15.2 Å². The number of ether oxygens (including phenoxy) is 2. The first-order chi connectivity index (χ1) is 8.29. The van der Waals surface area contributed by atoms with E-state index in [0.29, 0.717) is 5.92 Å². The van der Waals surface area contributed by atoms with Gasteiger partial charge in [-0.15, -0.1) is 0 Å². The highest BCUT2D eigenvalue weighted by atomic mass is 16.5. The third-order valence-electron chi connectivity index (χ3n) is 3.45. The molecule has 1 aromatic carbocycles. The Kier molecular flexibility index (Phi) is 4.40. The van der Waals surface area contributed by atoms with E-state index in [9.17, 15) is 0 Å². The highest BCUT2D eigenvalue weighted by Gasteiger charge is 2.18. The lowest BCUT2D eigenvalue weighted by molar-refractivity contribution is 0.0618. The van der Waals surface area contributed by atoms with Crippen molar-refractivity contribution >= 4 is 0 Å². The summed E-state index contributed by atoms with van der Waals surface area (Å²) < 4.78 is 10.6. The average molecular weight is 235 g/mol. The Balaban J connectivity index is 1.95. The summed E-state index contributed by atoms with van der Waals surface area (Å²) in [7, 11) is 1.68. The fourth-order valence-electron chi connectivity index (χ4n) is 2.35. The maximum atomic E-state index is 6.25. The van der Waals surface area contributed by atoms with Crippen molar-refractivity contribution in [2.75, 3.05) is 20.3 Å². The number of methoxy groups -OCH3 is 1. The third-order valence-corrected chi connectivity index (χ3v) is 3.45. The van der Waals surface area contributed by atoms with Gasteiger partial charge in [-0.05, 0) is 42.9 Å². The second-order valence-electron chi connectivity index (χ2n) is 4.67. The summed E-state index contributed by atoms with van der Waals surface area (Å²) in [5.41, 5.74) is 7.42. The van der Waals surface area contributed by atoms with Crippen LogP contribution in [0.4, 0.5) is 0 Å². The normalized spacial score (nSPS) is 18.9. The van der Waals surface area contributed by atoms with Gasteiger partial charge in [-0.2, -0.15) is 0 Å². The number of benzene rings is 1. The molecule has 0 saturated carbocycles. The van der Waals surface area contributed by atoms with Crippen molar-refractivity contribution in [3.63, 3.8) is 0 Å². The highest BCUT2D eigenvalue weighted by molar-refractivity contribution is 5.30. The fraction of sp³-hybridized carbons (Fsp3) is 0.571. The summed E-state index contributed by atoms with van der Waals surface area (Å²) >= 11 is 0. The molecule has 1 aliphatic heterocycles. The van der Waals surface area contributed by atoms with Crippen LogP contribution in [-0.2, 0) is 4.74 Å². The molecule has 2 N–H and O–H groups in total. The molecule has 0 aromatic heterocycles. The molecule has 1 aromatic rings. The van der Waals surface area contributed by atoms with Crippen molar-refractivity contribution in [1.82, 2.24) is 0 Å². The zero-order valence-corrected chi connectivity index (χ0v) is 10.4. The van der Waals surface area contributed by atoms with Gasteiger partial charge in [0.05, 0.1) is 7.11 Å². The number of nitrogens with two attached hydrogens (primary N) is 1. The third kappa shape index (κ3) is 3.45. The minimum absolute atomic E-state index is 0.105. The predicted octanol–water partition coefficient (Wildman–Crippen LogP) is 2.51. The summed E-state index contributed by atoms with van der Waals surface area (Å²) in [5, 5.41) is 0. The van der Waals surface area contributed by atoms with E-state index >= 15 is 0 Å². The Morgan fingerprint density at radius 1 is 1.41 bits per heavy atom. The Hall–Kier alpha value is -1.06. The van der Waals surface area contributed by atoms with Crippen molar-refractivity contribution in [3.05, 3.63) is 29.8 Å². The van der Waals surface area contributed by atoms with Gasteiger partial charge in [0.1, 0.15) is 5.75 Å². The molecule has 3 heteroatoms. The Morgan fingerprint density at radius 3 is 2.88 bits per heavy atom. The van der Waals surface area contributed by atoms with Gasteiger partial charge in [0, 0.05) is 19.3 Å². The molecule has 1 saturated heterocycles. The first kappa shape index (κ1) is 12.4. The van der Waals surface area contributed by atoms with E-state index < -0.39 is 0 Å². The maximum absolute atomic E-state index is 6.25. The minimum atomic E-state index is 0.105. The van der Waals surface area contributed by atoms with Crippen LogP contribution in [0.15, 0.2) is 24.3 Å². The van der Waals surface area contributed by atoms with Crippen molar-refractivity contribution in [3.8, 4) is 5.75 Å². The molecule has 0 amide bonds. The Labute approximate surface area is 103 Å². The zero-order chi connectivity index (χ0) is 12.1. The van der Waals surface area contributed by atoms with Crippen molar-refractivity contribution in [2.45, 2.75) is 25.3 Å². The predicted molar refractivity (Wildman–Crippen MR) is 68.1 cm³/mol. The monoisotopic (exact) mass is 235 g/mol. The second kappa shape index (κ2) is 6.03. The molecule has 0 bridgehead atoms. The minimum Gasteiger partial charge on any atom is -0.497 e. The lowest BCUT2D eigenvalue weighted by atomic mass is 9.90. The van der Waals surface area contributed by atoms with Crippen LogP contribution in [0, 0.1) is 5.92 Å². The molecule has 1 aliphatic rings. The molecular weight excluding hydrogens is 214 g/mol. The van der Waals surface area contributed by atoms with Crippen LogP contribution in [-0.4, -0.2) is 20.3 Å². The number of hydrogen-bond donors (Lipinski definition) is 1.